The highest BCUT2D eigenvalue weighted by atomic mass is 35.5. The molecule has 0 spiro atoms. The van der Waals surface area contributed by atoms with Crippen molar-refractivity contribution in [3.05, 3.63) is 69.5 Å². The quantitative estimate of drug-likeness (QED) is 0.659. The molecule has 0 aliphatic heterocycles. The molecule has 3 aromatic rings. The Morgan fingerprint density at radius 1 is 1.11 bits per heavy atom. The van der Waals surface area contributed by atoms with Crippen LogP contribution >= 0.6 is 11.6 Å². The molecule has 0 saturated carbocycles. The minimum Gasteiger partial charge on any atom is -0.484 e. The van der Waals surface area contributed by atoms with Crippen molar-refractivity contribution in [2.75, 3.05) is 11.9 Å². The molecule has 140 valence electrons. The molecule has 0 atom stereocenters. The van der Waals surface area contributed by atoms with E-state index in [9.17, 15) is 22.8 Å². The van der Waals surface area contributed by atoms with Crippen molar-refractivity contribution < 1.29 is 27.1 Å². The molecular weight excluding hydrogens is 387 g/mol. The number of carbonyl (C=O) groups is 1. The van der Waals surface area contributed by atoms with Crippen molar-refractivity contribution >= 4 is 34.2 Å². The Labute approximate surface area is 155 Å². The van der Waals surface area contributed by atoms with Gasteiger partial charge >= 0.3 is 11.8 Å². The molecule has 0 saturated heterocycles. The Balaban J connectivity index is 1.75. The number of anilines is 1. The van der Waals surface area contributed by atoms with Gasteiger partial charge in [0.2, 0.25) is 0 Å². The van der Waals surface area contributed by atoms with Gasteiger partial charge in [-0.15, -0.1) is 0 Å². The van der Waals surface area contributed by atoms with Crippen LogP contribution in [0.4, 0.5) is 18.9 Å². The van der Waals surface area contributed by atoms with Gasteiger partial charge in [-0.05, 0) is 36.4 Å². The summed E-state index contributed by atoms with van der Waals surface area (Å²) in [4.78, 5) is 23.3. The van der Waals surface area contributed by atoms with Gasteiger partial charge in [0, 0.05) is 28.2 Å². The largest absolute Gasteiger partial charge is 0.484 e. The van der Waals surface area contributed by atoms with Gasteiger partial charge < -0.3 is 14.5 Å². The average Bonchev–Trinajstić information content (AvgIpc) is 2.60. The summed E-state index contributed by atoms with van der Waals surface area (Å²) in [6.07, 6.45) is -4.70. The third-order valence-electron chi connectivity index (χ3n) is 3.52. The molecule has 1 N–H and O–H groups in total. The molecule has 9 heteroatoms. The van der Waals surface area contributed by atoms with Gasteiger partial charge in [-0.3, -0.25) is 4.79 Å². The van der Waals surface area contributed by atoms with E-state index in [0.29, 0.717) is 16.8 Å². The van der Waals surface area contributed by atoms with E-state index in [1.54, 1.807) is 24.3 Å². The van der Waals surface area contributed by atoms with Crippen molar-refractivity contribution in [1.29, 1.82) is 0 Å². The lowest BCUT2D eigenvalue weighted by Crippen LogP contribution is -2.20. The van der Waals surface area contributed by atoms with Crippen LogP contribution < -0.4 is 15.7 Å². The summed E-state index contributed by atoms with van der Waals surface area (Å²) in [6, 6.07) is 10.3. The number of hydrogen-bond donors (Lipinski definition) is 1. The van der Waals surface area contributed by atoms with E-state index >= 15 is 0 Å². The van der Waals surface area contributed by atoms with E-state index < -0.39 is 29.9 Å². The highest BCUT2D eigenvalue weighted by Gasteiger charge is 2.33. The first-order chi connectivity index (χ1) is 12.7. The molecule has 2 aromatic carbocycles. The molecule has 0 bridgehead atoms. The van der Waals surface area contributed by atoms with E-state index in [-0.39, 0.29) is 16.7 Å². The molecule has 0 unspecified atom stereocenters. The fraction of sp³-hybridized carbons (Fsp3) is 0.111. The van der Waals surface area contributed by atoms with Crippen LogP contribution in [0, 0.1) is 0 Å². The van der Waals surface area contributed by atoms with Gasteiger partial charge in [0.1, 0.15) is 11.3 Å². The molecule has 1 heterocycles. The van der Waals surface area contributed by atoms with Crippen molar-refractivity contribution in [3.8, 4) is 5.75 Å². The number of ether oxygens (including phenoxy) is 1. The van der Waals surface area contributed by atoms with Gasteiger partial charge in [0.15, 0.2) is 6.61 Å². The number of benzene rings is 2. The van der Waals surface area contributed by atoms with Crippen molar-refractivity contribution in [2.45, 2.75) is 6.18 Å². The molecule has 1 aromatic heterocycles. The summed E-state index contributed by atoms with van der Waals surface area (Å²) in [6.45, 7) is -0.392. The van der Waals surface area contributed by atoms with E-state index in [4.69, 9.17) is 20.8 Å². The van der Waals surface area contributed by atoms with Crippen LogP contribution in [0.3, 0.4) is 0 Å². The van der Waals surface area contributed by atoms with Crippen LogP contribution in [0.25, 0.3) is 11.0 Å². The summed E-state index contributed by atoms with van der Waals surface area (Å²) in [7, 11) is 0. The van der Waals surface area contributed by atoms with Gasteiger partial charge in [0.05, 0.1) is 5.56 Å². The number of amides is 1. The van der Waals surface area contributed by atoms with Crippen LogP contribution in [0.15, 0.2) is 57.7 Å². The monoisotopic (exact) mass is 397 g/mol. The summed E-state index contributed by atoms with van der Waals surface area (Å²) >= 11 is 5.75. The number of rotatable bonds is 4. The molecule has 3 rings (SSSR count). The second-order valence-corrected chi connectivity index (χ2v) is 5.92. The highest BCUT2D eigenvalue weighted by molar-refractivity contribution is 6.30. The average molecular weight is 398 g/mol. The number of nitrogens with one attached hydrogen (secondary N) is 1. The van der Waals surface area contributed by atoms with Crippen LogP contribution in [-0.4, -0.2) is 12.5 Å². The fourth-order valence-corrected chi connectivity index (χ4v) is 2.47. The second-order valence-electron chi connectivity index (χ2n) is 5.48. The maximum absolute atomic E-state index is 13.0. The Morgan fingerprint density at radius 2 is 1.81 bits per heavy atom. The third-order valence-corrected chi connectivity index (χ3v) is 3.77. The van der Waals surface area contributed by atoms with Crippen molar-refractivity contribution in [1.82, 2.24) is 0 Å². The Kier molecular flexibility index (Phi) is 5.09. The Hall–Kier alpha value is -3.00. The van der Waals surface area contributed by atoms with E-state index in [2.05, 4.69) is 5.32 Å². The standard InChI is InChI=1S/C18H11ClF3NO4/c19-10-1-3-11(4-2-10)23-16(24)9-26-12-5-6-13-14(18(20,21)22)8-17(25)27-15(13)7-12/h1-8H,9H2,(H,23,24). The van der Waals surface area contributed by atoms with E-state index in [1.807, 2.05) is 0 Å². The fourth-order valence-electron chi connectivity index (χ4n) is 2.35. The normalized spacial score (nSPS) is 11.4. The third kappa shape index (κ3) is 4.59. The lowest BCUT2D eigenvalue weighted by molar-refractivity contribution is -0.136. The number of halogens is 4. The molecule has 27 heavy (non-hydrogen) atoms. The number of carbonyl (C=O) groups excluding carboxylic acids is 1. The van der Waals surface area contributed by atoms with E-state index in [0.717, 1.165) is 12.1 Å². The lowest BCUT2D eigenvalue weighted by atomic mass is 10.1. The number of alkyl halides is 3. The van der Waals surface area contributed by atoms with Gasteiger partial charge in [-0.25, -0.2) is 4.79 Å². The first-order valence-corrected chi connectivity index (χ1v) is 7.93. The SMILES string of the molecule is O=C(COc1ccc2c(C(F)(F)F)cc(=O)oc2c1)Nc1ccc(Cl)cc1. The van der Waals surface area contributed by atoms with Crippen LogP contribution in [0.5, 0.6) is 5.75 Å². The van der Waals surface area contributed by atoms with Crippen molar-refractivity contribution in [2.24, 2.45) is 0 Å². The summed E-state index contributed by atoms with van der Waals surface area (Å²) in [5.74, 6) is -0.404. The Bertz CT molecular complexity index is 1050. The summed E-state index contributed by atoms with van der Waals surface area (Å²) in [5.41, 5.74) is -2.01. The molecule has 0 aliphatic rings. The molecular formula is C18H11ClF3NO4. The van der Waals surface area contributed by atoms with Crippen LogP contribution in [-0.2, 0) is 11.0 Å². The maximum atomic E-state index is 13.0. The zero-order valence-electron chi connectivity index (χ0n) is 13.5. The highest BCUT2D eigenvalue weighted by Crippen LogP contribution is 2.34. The smallest absolute Gasteiger partial charge is 0.417 e. The minimum absolute atomic E-state index is 0.0798. The zero-order chi connectivity index (χ0) is 19.6. The first-order valence-electron chi connectivity index (χ1n) is 7.56. The molecule has 0 aliphatic carbocycles. The van der Waals surface area contributed by atoms with Crippen LogP contribution in [0.2, 0.25) is 5.02 Å². The summed E-state index contributed by atoms with van der Waals surface area (Å²) in [5, 5.41) is 2.81. The van der Waals surface area contributed by atoms with Gasteiger partial charge in [-0.1, -0.05) is 11.6 Å². The van der Waals surface area contributed by atoms with Crippen molar-refractivity contribution in [3.63, 3.8) is 0 Å². The molecule has 0 fully saturated rings. The molecule has 5 nitrogen and oxygen atoms in total. The second kappa shape index (κ2) is 7.32. The summed E-state index contributed by atoms with van der Waals surface area (Å²) < 4.78 is 49.1. The maximum Gasteiger partial charge on any atom is 0.417 e. The predicted octanol–water partition coefficient (Wildman–Crippen LogP) is 4.48. The predicted molar refractivity (Wildman–Crippen MR) is 93.1 cm³/mol. The van der Waals surface area contributed by atoms with Crippen LogP contribution in [0.1, 0.15) is 5.56 Å². The Morgan fingerprint density at radius 3 is 2.48 bits per heavy atom. The zero-order valence-corrected chi connectivity index (χ0v) is 14.2. The lowest BCUT2D eigenvalue weighted by Gasteiger charge is -2.11. The topological polar surface area (TPSA) is 68.5 Å². The molecule has 1 amide bonds. The number of fused-ring (bicyclic) bond motifs is 1. The van der Waals surface area contributed by atoms with Gasteiger partial charge in [-0.2, -0.15) is 13.2 Å². The first kappa shape index (κ1) is 18.8. The minimum atomic E-state index is -4.70. The molecule has 0 radical (unpaired) electrons. The number of hydrogen-bond acceptors (Lipinski definition) is 4. The van der Waals surface area contributed by atoms with Gasteiger partial charge in [0.25, 0.3) is 5.91 Å². The van der Waals surface area contributed by atoms with E-state index in [1.165, 1.54) is 6.07 Å².